The summed E-state index contributed by atoms with van der Waals surface area (Å²) < 4.78 is 0. The van der Waals surface area contributed by atoms with Gasteiger partial charge in [-0.1, -0.05) is 20.1 Å². The van der Waals surface area contributed by atoms with E-state index in [1.165, 1.54) is 13.8 Å². The van der Waals surface area contributed by atoms with Gasteiger partial charge in [0, 0.05) is 30.3 Å². The van der Waals surface area contributed by atoms with Gasteiger partial charge in [0.25, 0.3) is 0 Å². The molecule has 0 heterocycles. The van der Waals surface area contributed by atoms with Crippen LogP contribution in [0.2, 0.25) is 0 Å². The maximum atomic E-state index is 9.60. The quantitative estimate of drug-likeness (QED) is 0.562. The highest BCUT2D eigenvalue weighted by molar-refractivity contribution is 5.85. The Hall–Kier alpha value is -1.66. The van der Waals surface area contributed by atoms with Gasteiger partial charge < -0.3 is 20.4 Å². The number of hydrogen-bond acceptors (Lipinski definition) is 4. The Morgan fingerprint density at radius 1 is 0.947 bits per heavy atom. The Balaban J connectivity index is -0.000000203. The fraction of sp³-hybridized carbons (Fsp3) is 0.538. The largest absolute Gasteiger partial charge is 0.478 e. The van der Waals surface area contributed by atoms with Crippen molar-refractivity contribution in [2.75, 3.05) is 13.2 Å². The first-order valence-electron chi connectivity index (χ1n) is 5.63. The number of rotatable bonds is 5. The second-order valence-electron chi connectivity index (χ2n) is 3.81. The van der Waals surface area contributed by atoms with Crippen molar-refractivity contribution < 1.29 is 30.0 Å². The summed E-state index contributed by atoms with van der Waals surface area (Å²) in [4.78, 5) is 19.2. The van der Waals surface area contributed by atoms with Crippen molar-refractivity contribution >= 4 is 11.9 Å². The number of carboxylic acids is 2. The van der Waals surface area contributed by atoms with Gasteiger partial charge in [-0.2, -0.15) is 0 Å². The van der Waals surface area contributed by atoms with Gasteiger partial charge in [-0.05, 0) is 20.3 Å². The van der Waals surface area contributed by atoms with Gasteiger partial charge in [-0.3, -0.25) is 0 Å². The number of aliphatic carboxylic acids is 2. The third kappa shape index (κ3) is 22.1. The van der Waals surface area contributed by atoms with Crippen LogP contribution >= 0.6 is 0 Å². The third-order valence-corrected chi connectivity index (χ3v) is 1.82. The lowest BCUT2D eigenvalue weighted by atomic mass is 10.1. The van der Waals surface area contributed by atoms with Gasteiger partial charge in [0.1, 0.15) is 0 Å². The van der Waals surface area contributed by atoms with E-state index >= 15 is 0 Å². The Morgan fingerprint density at radius 3 is 1.16 bits per heavy atom. The highest BCUT2D eigenvalue weighted by atomic mass is 16.4. The maximum Gasteiger partial charge on any atom is 0.330 e. The first-order valence-corrected chi connectivity index (χ1v) is 5.63. The normalized spacial score (nSPS) is 8.53. The molecule has 0 aromatic heterocycles. The molecule has 0 atom stereocenters. The van der Waals surface area contributed by atoms with Crippen LogP contribution in [-0.4, -0.2) is 45.6 Å². The fourth-order valence-electron chi connectivity index (χ4n) is 0.316. The average Bonchev–Trinajstić information content (AvgIpc) is 2.32. The van der Waals surface area contributed by atoms with Crippen molar-refractivity contribution in [1.82, 2.24) is 0 Å². The first-order chi connectivity index (χ1) is 8.63. The fourth-order valence-corrected chi connectivity index (χ4v) is 0.316. The Morgan fingerprint density at radius 2 is 1.16 bits per heavy atom. The van der Waals surface area contributed by atoms with Crippen LogP contribution < -0.4 is 0 Å². The summed E-state index contributed by atoms with van der Waals surface area (Å²) in [6.45, 7) is 11.4. The highest BCUT2D eigenvalue weighted by Gasteiger charge is 1.98. The van der Waals surface area contributed by atoms with Crippen LogP contribution in [0.1, 0.15) is 27.2 Å². The molecule has 0 aromatic carbocycles. The van der Waals surface area contributed by atoms with Crippen molar-refractivity contribution in [3.8, 4) is 0 Å². The molecule has 0 aliphatic carbocycles. The SMILES string of the molecule is C=C(C)C(=O)O.C=C(C)C(=O)O.CCC(CO)CO. The van der Waals surface area contributed by atoms with Crippen molar-refractivity contribution in [2.24, 2.45) is 5.92 Å². The van der Waals surface area contributed by atoms with E-state index in [1.54, 1.807) is 0 Å². The first kappa shape index (κ1) is 22.5. The monoisotopic (exact) mass is 276 g/mol. The van der Waals surface area contributed by atoms with Gasteiger partial charge in [-0.15, -0.1) is 0 Å². The summed E-state index contributed by atoms with van der Waals surface area (Å²) in [6.07, 6.45) is 0.854. The summed E-state index contributed by atoms with van der Waals surface area (Å²) in [7, 11) is 0. The number of carboxylic acid groups (broad SMARTS) is 2. The number of hydrogen-bond donors (Lipinski definition) is 4. The summed E-state index contributed by atoms with van der Waals surface area (Å²) in [5.41, 5.74) is 0.352. The van der Waals surface area contributed by atoms with Crippen LogP contribution in [0.3, 0.4) is 0 Å². The number of aliphatic hydroxyl groups is 2. The van der Waals surface area contributed by atoms with E-state index < -0.39 is 11.9 Å². The van der Waals surface area contributed by atoms with Crippen LogP contribution in [0.4, 0.5) is 0 Å². The van der Waals surface area contributed by atoms with Crippen LogP contribution in [0.5, 0.6) is 0 Å². The van der Waals surface area contributed by atoms with E-state index in [0.717, 1.165) is 6.42 Å². The summed E-state index contributed by atoms with van der Waals surface area (Å²) in [6, 6.07) is 0. The van der Waals surface area contributed by atoms with Crippen LogP contribution in [0.25, 0.3) is 0 Å². The Kier molecular flexibility index (Phi) is 17.1. The Bertz CT molecular complexity index is 238. The predicted octanol–water partition coefficient (Wildman–Crippen LogP) is 1.29. The van der Waals surface area contributed by atoms with Gasteiger partial charge in [-0.25, -0.2) is 9.59 Å². The van der Waals surface area contributed by atoms with Crippen molar-refractivity contribution in [3.05, 3.63) is 24.3 Å². The topological polar surface area (TPSA) is 115 Å². The van der Waals surface area contributed by atoms with E-state index in [-0.39, 0.29) is 30.3 Å². The van der Waals surface area contributed by atoms with Gasteiger partial charge in [0.15, 0.2) is 0 Å². The zero-order valence-electron chi connectivity index (χ0n) is 11.7. The lowest BCUT2D eigenvalue weighted by Crippen LogP contribution is -2.08. The van der Waals surface area contributed by atoms with E-state index in [9.17, 15) is 9.59 Å². The third-order valence-electron chi connectivity index (χ3n) is 1.82. The van der Waals surface area contributed by atoms with Crippen molar-refractivity contribution in [1.29, 1.82) is 0 Å². The molecule has 112 valence electrons. The molecule has 0 saturated carbocycles. The smallest absolute Gasteiger partial charge is 0.330 e. The maximum absolute atomic E-state index is 9.60. The summed E-state index contributed by atoms with van der Waals surface area (Å²) >= 11 is 0. The summed E-state index contributed by atoms with van der Waals surface area (Å²) in [5.74, 6) is -1.77. The highest BCUT2D eigenvalue weighted by Crippen LogP contribution is 1.96. The zero-order valence-corrected chi connectivity index (χ0v) is 11.7. The number of carbonyl (C=O) groups is 2. The van der Waals surface area contributed by atoms with E-state index in [2.05, 4.69) is 13.2 Å². The minimum atomic E-state index is -0.935. The van der Waals surface area contributed by atoms with Gasteiger partial charge in [0.2, 0.25) is 0 Å². The molecule has 4 N–H and O–H groups in total. The lowest BCUT2D eigenvalue weighted by Gasteiger charge is -2.03. The molecular formula is C13H24O6. The van der Waals surface area contributed by atoms with E-state index in [0.29, 0.717) is 0 Å². The molecule has 19 heavy (non-hydrogen) atoms. The predicted molar refractivity (Wildman–Crippen MR) is 72.9 cm³/mol. The molecule has 0 aliphatic rings. The molecule has 0 radical (unpaired) electrons. The molecule has 0 spiro atoms. The molecule has 0 amide bonds. The second-order valence-corrected chi connectivity index (χ2v) is 3.81. The van der Waals surface area contributed by atoms with Crippen LogP contribution in [-0.2, 0) is 9.59 Å². The molecule has 0 saturated heterocycles. The molecule has 0 aliphatic heterocycles. The van der Waals surface area contributed by atoms with Crippen molar-refractivity contribution in [2.45, 2.75) is 27.2 Å². The van der Waals surface area contributed by atoms with Crippen molar-refractivity contribution in [3.63, 3.8) is 0 Å². The molecule has 0 bridgehead atoms. The lowest BCUT2D eigenvalue weighted by molar-refractivity contribution is -0.133. The summed E-state index contributed by atoms with van der Waals surface area (Å²) in [5, 5.41) is 32.5. The molecule has 6 nitrogen and oxygen atoms in total. The molecule has 0 aromatic rings. The molecular weight excluding hydrogens is 252 g/mol. The molecule has 0 unspecified atom stereocenters. The zero-order chi connectivity index (χ0) is 16.0. The van der Waals surface area contributed by atoms with Gasteiger partial charge in [0.05, 0.1) is 0 Å². The standard InChI is InChI=1S/C5H12O2.2C4H6O2/c1-2-5(3-6)4-7;2*1-3(2)4(5)6/h5-7H,2-4H2,1H3;2*1H2,2H3,(H,5,6). The average molecular weight is 276 g/mol. The van der Waals surface area contributed by atoms with Crippen LogP contribution in [0, 0.1) is 5.92 Å². The Labute approximate surface area is 113 Å². The molecule has 0 rings (SSSR count). The van der Waals surface area contributed by atoms with Crippen LogP contribution in [0.15, 0.2) is 24.3 Å². The second kappa shape index (κ2) is 14.4. The van der Waals surface area contributed by atoms with E-state index in [4.69, 9.17) is 20.4 Å². The van der Waals surface area contributed by atoms with E-state index in [1.807, 2.05) is 6.92 Å². The number of aliphatic hydroxyl groups excluding tert-OH is 2. The van der Waals surface area contributed by atoms with Gasteiger partial charge >= 0.3 is 11.9 Å². The minimum Gasteiger partial charge on any atom is -0.478 e. The minimum absolute atomic E-state index is 0.0972. The molecule has 0 fully saturated rings. The molecule has 6 heteroatoms.